The molecule has 1 saturated heterocycles. The first-order valence-corrected chi connectivity index (χ1v) is 9.34. The molecule has 1 amide bonds. The van der Waals surface area contributed by atoms with Crippen molar-refractivity contribution in [3.63, 3.8) is 0 Å². The molecule has 0 aromatic rings. The number of rotatable bonds is 7. The standard InChI is InChI=1S/C14H23N5O3S/c1-3-4-11-9-15-14(18-13(11)16-10-20)17-12-5-7-19(8-6-12)23(2,21)22/h3,9-10,12,14,17-18H,1,4-8H2,2H3,(H,16,20). The summed E-state index contributed by atoms with van der Waals surface area (Å²) in [4.78, 5) is 15.1. The van der Waals surface area contributed by atoms with Crippen LogP contribution in [0, 0.1) is 0 Å². The van der Waals surface area contributed by atoms with Crippen molar-refractivity contribution in [2.75, 3.05) is 19.3 Å². The van der Waals surface area contributed by atoms with E-state index in [2.05, 4.69) is 27.5 Å². The summed E-state index contributed by atoms with van der Waals surface area (Å²) >= 11 is 0. The summed E-state index contributed by atoms with van der Waals surface area (Å²) in [6, 6.07) is 0.168. The number of carbonyl (C=O) groups excluding carboxylic acids is 1. The van der Waals surface area contributed by atoms with Crippen LogP contribution in [0.25, 0.3) is 0 Å². The first kappa shape index (κ1) is 17.6. The van der Waals surface area contributed by atoms with Crippen LogP contribution in [0.4, 0.5) is 0 Å². The fraction of sp³-hybridized carbons (Fsp3) is 0.571. The van der Waals surface area contributed by atoms with Crippen LogP contribution < -0.4 is 16.0 Å². The van der Waals surface area contributed by atoms with Gasteiger partial charge in [-0.3, -0.25) is 15.1 Å². The first-order valence-electron chi connectivity index (χ1n) is 7.49. The molecular weight excluding hydrogens is 318 g/mol. The molecule has 2 aliphatic heterocycles. The van der Waals surface area contributed by atoms with Crippen LogP contribution in [-0.2, 0) is 14.8 Å². The molecule has 23 heavy (non-hydrogen) atoms. The molecule has 0 aromatic carbocycles. The number of aliphatic imine (C=N–C) groups is 1. The molecule has 128 valence electrons. The second-order valence-corrected chi connectivity index (χ2v) is 7.57. The molecule has 2 aliphatic rings. The maximum atomic E-state index is 11.5. The zero-order valence-electron chi connectivity index (χ0n) is 13.2. The van der Waals surface area contributed by atoms with E-state index in [0.717, 1.165) is 18.4 Å². The lowest BCUT2D eigenvalue weighted by molar-refractivity contribution is -0.109. The normalized spacial score (nSPS) is 23.4. The van der Waals surface area contributed by atoms with Gasteiger partial charge >= 0.3 is 0 Å². The van der Waals surface area contributed by atoms with E-state index in [-0.39, 0.29) is 12.3 Å². The van der Waals surface area contributed by atoms with Crippen LogP contribution in [0.2, 0.25) is 0 Å². The number of allylic oxidation sites excluding steroid dienone is 2. The van der Waals surface area contributed by atoms with Crippen molar-refractivity contribution < 1.29 is 13.2 Å². The molecule has 1 fully saturated rings. The largest absolute Gasteiger partial charge is 0.337 e. The smallest absolute Gasteiger partial charge is 0.212 e. The maximum Gasteiger partial charge on any atom is 0.212 e. The molecule has 0 saturated carbocycles. The van der Waals surface area contributed by atoms with E-state index >= 15 is 0 Å². The Labute approximate surface area is 136 Å². The second-order valence-electron chi connectivity index (χ2n) is 5.58. The third kappa shape index (κ3) is 4.88. The fourth-order valence-electron chi connectivity index (χ4n) is 2.66. The van der Waals surface area contributed by atoms with Gasteiger partial charge in [0.2, 0.25) is 16.4 Å². The Morgan fingerprint density at radius 2 is 2.17 bits per heavy atom. The summed E-state index contributed by atoms with van der Waals surface area (Å²) in [5.74, 6) is 0.612. The summed E-state index contributed by atoms with van der Waals surface area (Å²) < 4.78 is 24.5. The van der Waals surface area contributed by atoms with Gasteiger partial charge in [-0.05, 0) is 19.3 Å². The average Bonchev–Trinajstić information content (AvgIpc) is 2.50. The minimum atomic E-state index is -3.12. The average molecular weight is 341 g/mol. The van der Waals surface area contributed by atoms with E-state index in [9.17, 15) is 13.2 Å². The van der Waals surface area contributed by atoms with Gasteiger partial charge in [-0.15, -0.1) is 6.58 Å². The highest BCUT2D eigenvalue weighted by atomic mass is 32.2. The predicted molar refractivity (Wildman–Crippen MR) is 89.0 cm³/mol. The van der Waals surface area contributed by atoms with Crippen molar-refractivity contribution in [1.29, 1.82) is 0 Å². The Morgan fingerprint density at radius 1 is 1.48 bits per heavy atom. The number of carbonyl (C=O) groups is 1. The van der Waals surface area contributed by atoms with Crippen molar-refractivity contribution in [3.8, 4) is 0 Å². The van der Waals surface area contributed by atoms with Crippen LogP contribution in [-0.4, -0.2) is 57.0 Å². The highest BCUT2D eigenvalue weighted by Gasteiger charge is 2.27. The number of nitrogens with one attached hydrogen (secondary N) is 3. The Kier molecular flexibility index (Phi) is 5.91. The highest BCUT2D eigenvalue weighted by molar-refractivity contribution is 7.88. The van der Waals surface area contributed by atoms with Gasteiger partial charge < -0.3 is 10.6 Å². The number of sulfonamides is 1. The molecule has 0 aromatic heterocycles. The summed E-state index contributed by atoms with van der Waals surface area (Å²) in [5, 5.41) is 9.10. The molecule has 0 radical (unpaired) electrons. The second kappa shape index (κ2) is 7.71. The molecule has 2 heterocycles. The molecule has 0 bridgehead atoms. The molecule has 0 spiro atoms. The van der Waals surface area contributed by atoms with E-state index in [1.165, 1.54) is 10.6 Å². The van der Waals surface area contributed by atoms with Crippen molar-refractivity contribution in [2.45, 2.75) is 31.6 Å². The van der Waals surface area contributed by atoms with Crippen LogP contribution in [0.1, 0.15) is 19.3 Å². The highest BCUT2D eigenvalue weighted by Crippen LogP contribution is 2.15. The lowest BCUT2D eigenvalue weighted by Gasteiger charge is -2.33. The Hall–Kier alpha value is -1.71. The fourth-order valence-corrected chi connectivity index (χ4v) is 3.54. The summed E-state index contributed by atoms with van der Waals surface area (Å²) in [7, 11) is -3.12. The zero-order valence-corrected chi connectivity index (χ0v) is 14.0. The van der Waals surface area contributed by atoms with Crippen molar-refractivity contribution in [1.82, 2.24) is 20.3 Å². The van der Waals surface area contributed by atoms with Crippen molar-refractivity contribution in [3.05, 3.63) is 24.0 Å². The maximum absolute atomic E-state index is 11.5. The van der Waals surface area contributed by atoms with Crippen LogP contribution in [0.3, 0.4) is 0 Å². The number of nitrogens with zero attached hydrogens (tertiary/aromatic N) is 2. The minimum Gasteiger partial charge on any atom is -0.337 e. The quantitative estimate of drug-likeness (QED) is 0.428. The van der Waals surface area contributed by atoms with Gasteiger partial charge in [-0.25, -0.2) is 12.7 Å². The van der Waals surface area contributed by atoms with Crippen molar-refractivity contribution >= 4 is 22.6 Å². The SMILES string of the molecule is C=CCC1=C(NC=O)NC(NC2CCN(S(C)(=O)=O)CC2)N=C1. The van der Waals surface area contributed by atoms with E-state index in [0.29, 0.717) is 31.7 Å². The number of piperidine rings is 1. The zero-order chi connectivity index (χ0) is 16.9. The molecule has 9 heteroatoms. The van der Waals surface area contributed by atoms with Gasteiger partial charge in [-0.2, -0.15) is 0 Å². The number of hydrogen-bond acceptors (Lipinski definition) is 6. The van der Waals surface area contributed by atoms with E-state index in [1.54, 1.807) is 12.3 Å². The Bertz CT molecular complexity index is 606. The van der Waals surface area contributed by atoms with Gasteiger partial charge in [0, 0.05) is 30.9 Å². The Balaban J connectivity index is 1.90. The summed E-state index contributed by atoms with van der Waals surface area (Å²) in [5.41, 5.74) is 0.858. The lowest BCUT2D eigenvalue weighted by atomic mass is 10.1. The number of amides is 1. The molecule has 0 aliphatic carbocycles. The molecule has 8 nitrogen and oxygen atoms in total. The monoisotopic (exact) mass is 341 g/mol. The van der Waals surface area contributed by atoms with Gasteiger partial charge in [-0.1, -0.05) is 6.08 Å². The minimum absolute atomic E-state index is 0.168. The third-order valence-corrected chi connectivity index (χ3v) is 5.17. The summed E-state index contributed by atoms with van der Waals surface area (Å²) in [6.45, 7) is 4.69. The van der Waals surface area contributed by atoms with Crippen molar-refractivity contribution in [2.24, 2.45) is 4.99 Å². The van der Waals surface area contributed by atoms with E-state index in [4.69, 9.17) is 0 Å². The predicted octanol–water partition coefficient (Wildman–Crippen LogP) is -0.509. The van der Waals surface area contributed by atoms with Gasteiger partial charge in [0.25, 0.3) is 0 Å². The van der Waals surface area contributed by atoms with Crippen LogP contribution >= 0.6 is 0 Å². The molecule has 1 atom stereocenters. The van der Waals surface area contributed by atoms with E-state index in [1.807, 2.05) is 0 Å². The van der Waals surface area contributed by atoms with Gasteiger partial charge in [0.05, 0.1) is 6.26 Å². The Morgan fingerprint density at radius 3 is 2.74 bits per heavy atom. The molecule has 3 N–H and O–H groups in total. The van der Waals surface area contributed by atoms with Crippen LogP contribution in [0.5, 0.6) is 0 Å². The lowest BCUT2D eigenvalue weighted by Crippen LogP contribution is -2.53. The molecular formula is C14H23N5O3S. The van der Waals surface area contributed by atoms with Crippen LogP contribution in [0.15, 0.2) is 29.0 Å². The first-order chi connectivity index (χ1) is 10.9. The molecule has 2 rings (SSSR count). The third-order valence-electron chi connectivity index (χ3n) is 3.87. The van der Waals surface area contributed by atoms with Gasteiger partial charge in [0.1, 0.15) is 5.82 Å². The topological polar surface area (TPSA) is 103 Å². The van der Waals surface area contributed by atoms with Gasteiger partial charge in [0.15, 0.2) is 6.29 Å². The van der Waals surface area contributed by atoms with E-state index < -0.39 is 10.0 Å². The summed E-state index contributed by atoms with van der Waals surface area (Å²) in [6.07, 6.45) is 7.01. The number of hydrogen-bond donors (Lipinski definition) is 3. The molecule has 1 unspecified atom stereocenters.